The van der Waals surface area contributed by atoms with Gasteiger partial charge in [0, 0.05) is 30.0 Å². The number of hydrogen-bond acceptors (Lipinski definition) is 7. The van der Waals surface area contributed by atoms with Crippen LogP contribution in [0.4, 0.5) is 5.82 Å². The average Bonchev–Trinajstić information content (AvgIpc) is 3.40. The van der Waals surface area contributed by atoms with Gasteiger partial charge < -0.3 is 9.73 Å². The van der Waals surface area contributed by atoms with Gasteiger partial charge in [-0.3, -0.25) is 9.78 Å². The van der Waals surface area contributed by atoms with Crippen LogP contribution in [0, 0.1) is 6.92 Å². The molecule has 1 amide bonds. The number of amides is 1. The molecule has 0 fully saturated rings. The summed E-state index contributed by atoms with van der Waals surface area (Å²) in [6.07, 6.45) is 5.07. The number of thiazole rings is 1. The number of furan rings is 1. The van der Waals surface area contributed by atoms with Crippen LogP contribution < -0.4 is 5.32 Å². The molecule has 28 heavy (non-hydrogen) atoms. The van der Waals surface area contributed by atoms with Crippen LogP contribution in [0.2, 0.25) is 0 Å². The van der Waals surface area contributed by atoms with Crippen LogP contribution in [0.1, 0.15) is 24.2 Å². The van der Waals surface area contributed by atoms with Gasteiger partial charge in [-0.15, -0.1) is 11.3 Å². The van der Waals surface area contributed by atoms with Crippen LogP contribution in [-0.2, 0) is 4.79 Å². The van der Waals surface area contributed by atoms with Gasteiger partial charge in [-0.25, -0.2) is 15.0 Å². The van der Waals surface area contributed by atoms with Gasteiger partial charge in [-0.1, -0.05) is 6.07 Å². The molecule has 1 atom stereocenters. The van der Waals surface area contributed by atoms with Gasteiger partial charge in [0.2, 0.25) is 5.91 Å². The van der Waals surface area contributed by atoms with E-state index in [0.717, 1.165) is 16.3 Å². The van der Waals surface area contributed by atoms with Crippen molar-refractivity contribution in [3.63, 3.8) is 0 Å². The molecule has 0 bridgehead atoms. The van der Waals surface area contributed by atoms with E-state index in [9.17, 15) is 4.79 Å². The number of anilines is 1. The first-order chi connectivity index (χ1) is 13.6. The largest absolute Gasteiger partial charge is 0.458 e. The van der Waals surface area contributed by atoms with Crippen LogP contribution in [0.15, 0.2) is 58.7 Å². The molecule has 4 aromatic heterocycles. The number of hydrogen-bond donors (Lipinski definition) is 1. The van der Waals surface area contributed by atoms with Gasteiger partial charge in [-0.2, -0.15) is 0 Å². The Hall–Kier alpha value is -3.39. The maximum Gasteiger partial charge on any atom is 0.232 e. The van der Waals surface area contributed by atoms with Gasteiger partial charge in [0.25, 0.3) is 0 Å². The lowest BCUT2D eigenvalue weighted by Gasteiger charge is -2.12. The van der Waals surface area contributed by atoms with Crippen molar-refractivity contribution in [3.05, 3.63) is 65.6 Å². The van der Waals surface area contributed by atoms with Crippen molar-refractivity contribution >= 4 is 23.1 Å². The zero-order valence-corrected chi connectivity index (χ0v) is 16.1. The van der Waals surface area contributed by atoms with E-state index in [-0.39, 0.29) is 11.8 Å². The third kappa shape index (κ3) is 3.81. The summed E-state index contributed by atoms with van der Waals surface area (Å²) < 4.78 is 5.66. The molecule has 0 aliphatic rings. The van der Waals surface area contributed by atoms with Gasteiger partial charge in [0.15, 0.2) is 11.6 Å². The highest BCUT2D eigenvalue weighted by molar-refractivity contribution is 7.13. The van der Waals surface area contributed by atoms with Gasteiger partial charge in [-0.05, 0) is 37.6 Å². The smallest absolute Gasteiger partial charge is 0.232 e. The molecule has 1 unspecified atom stereocenters. The van der Waals surface area contributed by atoms with E-state index >= 15 is 0 Å². The fourth-order valence-corrected chi connectivity index (χ4v) is 3.25. The van der Waals surface area contributed by atoms with Gasteiger partial charge >= 0.3 is 0 Å². The molecule has 7 nitrogen and oxygen atoms in total. The molecule has 0 spiro atoms. The Balaban J connectivity index is 1.68. The number of nitrogens with zero attached hydrogens (tertiary/aromatic N) is 4. The Morgan fingerprint density at radius 2 is 2.11 bits per heavy atom. The van der Waals surface area contributed by atoms with Crippen LogP contribution in [-0.4, -0.2) is 25.8 Å². The summed E-state index contributed by atoms with van der Waals surface area (Å²) >= 11 is 1.46. The second-order valence-electron chi connectivity index (χ2n) is 6.21. The predicted molar refractivity (Wildman–Crippen MR) is 107 cm³/mol. The van der Waals surface area contributed by atoms with E-state index in [2.05, 4.69) is 25.3 Å². The summed E-state index contributed by atoms with van der Waals surface area (Å²) in [5, 5.41) is 5.49. The summed E-state index contributed by atoms with van der Waals surface area (Å²) in [6, 6.07) is 9.04. The van der Waals surface area contributed by atoms with Crippen LogP contribution in [0.5, 0.6) is 0 Å². The van der Waals surface area contributed by atoms with E-state index in [1.807, 2.05) is 37.4 Å². The van der Waals surface area contributed by atoms with E-state index in [1.165, 1.54) is 11.3 Å². The average molecular weight is 391 g/mol. The number of carbonyl (C=O) groups is 1. The highest BCUT2D eigenvalue weighted by Gasteiger charge is 2.18. The Morgan fingerprint density at radius 3 is 2.79 bits per heavy atom. The molecule has 140 valence electrons. The predicted octanol–water partition coefficient (Wildman–Crippen LogP) is 4.31. The topological polar surface area (TPSA) is 93.8 Å². The first-order valence-corrected chi connectivity index (χ1v) is 9.54. The van der Waals surface area contributed by atoms with Crippen molar-refractivity contribution in [2.45, 2.75) is 19.8 Å². The third-order valence-electron chi connectivity index (χ3n) is 4.17. The molecule has 0 aliphatic carbocycles. The fourth-order valence-electron chi connectivity index (χ4n) is 2.65. The lowest BCUT2D eigenvalue weighted by molar-refractivity contribution is -0.117. The molecule has 0 saturated heterocycles. The highest BCUT2D eigenvalue weighted by Crippen LogP contribution is 2.27. The zero-order chi connectivity index (χ0) is 19.5. The van der Waals surface area contributed by atoms with Crippen molar-refractivity contribution in [3.8, 4) is 22.3 Å². The van der Waals surface area contributed by atoms with Crippen molar-refractivity contribution < 1.29 is 9.21 Å². The van der Waals surface area contributed by atoms with Crippen LogP contribution >= 0.6 is 11.3 Å². The molecule has 4 rings (SSSR count). The van der Waals surface area contributed by atoms with Crippen LogP contribution in [0.3, 0.4) is 0 Å². The number of aryl methyl sites for hydroxylation is 1. The normalized spacial score (nSPS) is 11.9. The summed E-state index contributed by atoms with van der Waals surface area (Å²) in [5.74, 6) is 1.52. The maximum absolute atomic E-state index is 12.7. The summed E-state index contributed by atoms with van der Waals surface area (Å²) in [7, 11) is 0. The number of carbonyl (C=O) groups excluding carboxylic acids is 1. The monoisotopic (exact) mass is 391 g/mol. The molecule has 0 aliphatic heterocycles. The Labute approximate surface area is 165 Å². The summed E-state index contributed by atoms with van der Waals surface area (Å²) in [5.41, 5.74) is 1.45. The summed E-state index contributed by atoms with van der Waals surface area (Å²) in [6.45, 7) is 3.68. The molecule has 4 aromatic rings. The number of rotatable bonds is 5. The Morgan fingerprint density at radius 1 is 1.21 bits per heavy atom. The Kier molecular flexibility index (Phi) is 4.94. The Bertz CT molecular complexity index is 1090. The van der Waals surface area contributed by atoms with Crippen molar-refractivity contribution in [2.24, 2.45) is 0 Å². The number of nitrogens with one attached hydrogen (secondary N) is 1. The maximum atomic E-state index is 12.7. The van der Waals surface area contributed by atoms with E-state index in [0.29, 0.717) is 23.1 Å². The molecular formula is C20H17N5O2S. The zero-order valence-electron chi connectivity index (χ0n) is 15.3. The number of aromatic nitrogens is 4. The second-order valence-corrected chi connectivity index (χ2v) is 7.10. The molecular weight excluding hydrogens is 374 g/mol. The van der Waals surface area contributed by atoms with Crippen molar-refractivity contribution in [1.29, 1.82) is 0 Å². The molecule has 0 aromatic carbocycles. The van der Waals surface area contributed by atoms with Gasteiger partial charge in [0.1, 0.15) is 22.3 Å². The van der Waals surface area contributed by atoms with E-state index in [4.69, 9.17) is 4.42 Å². The SMILES string of the molecule is Cc1ccc(-c2nc(NC(=O)C(C)c3cccnc3)cc(-c3nccs3)n2)o1. The number of pyridine rings is 1. The minimum absolute atomic E-state index is 0.182. The minimum Gasteiger partial charge on any atom is -0.458 e. The lowest BCUT2D eigenvalue weighted by atomic mass is 10.0. The van der Waals surface area contributed by atoms with E-state index in [1.54, 1.807) is 30.7 Å². The lowest BCUT2D eigenvalue weighted by Crippen LogP contribution is -2.20. The third-order valence-corrected chi connectivity index (χ3v) is 4.96. The summed E-state index contributed by atoms with van der Waals surface area (Å²) in [4.78, 5) is 30.1. The first kappa shape index (κ1) is 18.0. The van der Waals surface area contributed by atoms with Gasteiger partial charge in [0.05, 0.1) is 5.92 Å². The molecule has 0 radical (unpaired) electrons. The van der Waals surface area contributed by atoms with Crippen LogP contribution in [0.25, 0.3) is 22.3 Å². The van der Waals surface area contributed by atoms with Crippen molar-refractivity contribution in [1.82, 2.24) is 19.9 Å². The molecule has 8 heteroatoms. The highest BCUT2D eigenvalue weighted by atomic mass is 32.1. The fraction of sp³-hybridized carbons (Fsp3) is 0.150. The quantitative estimate of drug-likeness (QED) is 0.545. The van der Waals surface area contributed by atoms with E-state index < -0.39 is 0 Å². The first-order valence-electron chi connectivity index (χ1n) is 8.66. The molecule has 0 saturated carbocycles. The standard InChI is InChI=1S/C20H17N5O2S/c1-12-5-6-16(27-12)18-23-15(20-22-8-9-28-20)10-17(24-18)25-19(26)13(2)14-4-3-7-21-11-14/h3-11,13H,1-2H3,(H,23,24,25,26). The van der Waals surface area contributed by atoms with Crippen molar-refractivity contribution in [2.75, 3.05) is 5.32 Å². The molecule has 1 N–H and O–H groups in total. The second kappa shape index (κ2) is 7.69. The minimum atomic E-state index is -0.374. The molecule has 4 heterocycles.